The smallest absolute Gasteiger partial charge is 0.319 e. The molecule has 0 radical (unpaired) electrons. The Bertz CT molecular complexity index is 1090. The van der Waals surface area contributed by atoms with Crippen molar-refractivity contribution in [2.75, 3.05) is 18.9 Å². The number of aromatic nitrogens is 1. The second-order valence-corrected chi connectivity index (χ2v) is 11.4. The van der Waals surface area contributed by atoms with Gasteiger partial charge in [-0.15, -0.1) is 11.8 Å². The molecule has 3 atom stereocenters. The summed E-state index contributed by atoms with van der Waals surface area (Å²) >= 11 is 7.46. The van der Waals surface area contributed by atoms with Crippen LogP contribution in [0.5, 0.6) is 0 Å². The summed E-state index contributed by atoms with van der Waals surface area (Å²) in [6.07, 6.45) is 1.33. The fourth-order valence-electron chi connectivity index (χ4n) is 4.96. The molecule has 0 bridgehead atoms. The summed E-state index contributed by atoms with van der Waals surface area (Å²) < 4.78 is 6.86. The maximum Gasteiger partial charge on any atom is 0.319 e. The number of carbonyl (C=O) groups excluding carboxylic acids is 3. The molecule has 33 heavy (non-hydrogen) atoms. The molecule has 0 saturated carbocycles. The predicted octanol–water partition coefficient (Wildman–Crippen LogP) is 3.63. The van der Waals surface area contributed by atoms with E-state index in [2.05, 4.69) is 26.1 Å². The van der Waals surface area contributed by atoms with E-state index in [1.807, 2.05) is 40.8 Å². The van der Waals surface area contributed by atoms with E-state index in [0.717, 1.165) is 10.9 Å². The topological polar surface area (TPSA) is 80.6 Å². The third-order valence-electron chi connectivity index (χ3n) is 6.45. The molecule has 1 unspecified atom stereocenters. The van der Waals surface area contributed by atoms with Crippen molar-refractivity contribution in [2.45, 2.75) is 50.9 Å². The number of ether oxygens (including phenoxy) is 1. The van der Waals surface area contributed by atoms with Crippen LogP contribution in [0.3, 0.4) is 0 Å². The van der Waals surface area contributed by atoms with Crippen molar-refractivity contribution in [3.8, 4) is 0 Å². The van der Waals surface area contributed by atoms with Crippen molar-refractivity contribution in [2.24, 2.45) is 12.5 Å². The number of rotatable bonds is 5. The molecule has 2 aliphatic rings. The fourth-order valence-corrected chi connectivity index (χ4v) is 6.12. The molecule has 2 aromatic rings. The third-order valence-corrected chi connectivity index (χ3v) is 7.93. The predicted molar refractivity (Wildman–Crippen MR) is 131 cm³/mol. The average molecular weight is 492 g/mol. The van der Waals surface area contributed by atoms with Gasteiger partial charge in [0.15, 0.2) is 0 Å². The van der Waals surface area contributed by atoms with Crippen molar-refractivity contribution in [1.82, 2.24) is 14.8 Å². The zero-order valence-electron chi connectivity index (χ0n) is 19.4. The molecule has 0 spiro atoms. The average Bonchev–Trinajstić information content (AvgIpc) is 3.43. The summed E-state index contributed by atoms with van der Waals surface area (Å²) in [7, 11) is 1.86. The minimum absolute atomic E-state index is 0.00405. The van der Waals surface area contributed by atoms with Gasteiger partial charge in [0.1, 0.15) is 10.9 Å². The molecular formula is C24H30ClN3O4S. The van der Waals surface area contributed by atoms with E-state index in [1.54, 1.807) is 0 Å². The van der Waals surface area contributed by atoms with Gasteiger partial charge in [0, 0.05) is 35.9 Å². The number of aryl methyl sites for hydroxylation is 1. The van der Waals surface area contributed by atoms with Gasteiger partial charge in [0.2, 0.25) is 5.91 Å². The molecule has 2 amide bonds. The van der Waals surface area contributed by atoms with Crippen molar-refractivity contribution in [3.63, 3.8) is 0 Å². The zero-order chi connectivity index (χ0) is 23.9. The standard InChI is InChI=1S/C24H30ClN3O4S/c1-24(2,3)21-16(7-9-28(21)20(29)13-33-19-8-10-32-23(19)31)26-22(30)18-12-14-11-15(25)5-6-17(14)27(18)4/h5-6,11-12,16,19,21H,7-10,13H2,1-4H3,(H,26,30)/t16-,19?,21-/m1/s1. The number of nitrogens with one attached hydrogen (secondary N) is 1. The Morgan fingerprint density at radius 1 is 1.24 bits per heavy atom. The first-order valence-corrected chi connectivity index (χ1v) is 12.6. The molecule has 1 N–H and O–H groups in total. The number of fused-ring (bicyclic) bond motifs is 1. The summed E-state index contributed by atoms with van der Waals surface area (Å²) in [5.41, 5.74) is 1.26. The quantitative estimate of drug-likeness (QED) is 0.646. The minimum Gasteiger partial charge on any atom is -0.465 e. The first-order chi connectivity index (χ1) is 15.6. The third kappa shape index (κ3) is 4.87. The summed E-state index contributed by atoms with van der Waals surface area (Å²) in [4.78, 5) is 39.9. The van der Waals surface area contributed by atoms with Crippen molar-refractivity contribution >= 4 is 52.0 Å². The molecule has 2 aliphatic heterocycles. The normalized spacial score (nSPS) is 23.2. The maximum absolute atomic E-state index is 13.2. The van der Waals surface area contributed by atoms with Crippen molar-refractivity contribution in [3.05, 3.63) is 35.0 Å². The lowest BCUT2D eigenvalue weighted by molar-refractivity contribution is -0.137. The van der Waals surface area contributed by atoms with Gasteiger partial charge in [0.25, 0.3) is 5.91 Å². The molecule has 2 saturated heterocycles. The Balaban J connectivity index is 1.48. The Kier molecular flexibility index (Phi) is 6.69. The molecule has 7 nitrogen and oxygen atoms in total. The van der Waals surface area contributed by atoms with Crippen LogP contribution in [0.25, 0.3) is 10.9 Å². The lowest BCUT2D eigenvalue weighted by Gasteiger charge is -2.38. The molecule has 178 valence electrons. The van der Waals surface area contributed by atoms with E-state index >= 15 is 0 Å². The number of nitrogens with zero attached hydrogens (tertiary/aromatic N) is 2. The molecular weight excluding hydrogens is 462 g/mol. The van der Waals surface area contributed by atoms with Crippen molar-refractivity contribution in [1.29, 1.82) is 0 Å². The summed E-state index contributed by atoms with van der Waals surface area (Å²) in [5, 5.41) is 4.46. The van der Waals surface area contributed by atoms with Gasteiger partial charge in [0.05, 0.1) is 24.4 Å². The van der Waals surface area contributed by atoms with E-state index < -0.39 is 0 Å². The molecule has 4 rings (SSSR count). The van der Waals surface area contributed by atoms with Crippen LogP contribution < -0.4 is 5.32 Å². The number of likely N-dealkylation sites (tertiary alicyclic amines) is 1. The zero-order valence-corrected chi connectivity index (χ0v) is 21.0. The number of hydrogen-bond acceptors (Lipinski definition) is 5. The van der Waals surface area contributed by atoms with Crippen LogP contribution in [0, 0.1) is 5.41 Å². The van der Waals surface area contributed by atoms with E-state index in [-0.39, 0.29) is 46.3 Å². The van der Waals surface area contributed by atoms with Gasteiger partial charge < -0.3 is 19.5 Å². The molecule has 2 fully saturated rings. The Labute approximate surface area is 203 Å². The van der Waals surface area contributed by atoms with E-state index in [0.29, 0.717) is 36.7 Å². The number of thioether (sulfide) groups is 1. The van der Waals surface area contributed by atoms with Crippen LogP contribution in [0.15, 0.2) is 24.3 Å². The van der Waals surface area contributed by atoms with Crippen LogP contribution in [-0.2, 0) is 21.4 Å². The number of hydrogen-bond donors (Lipinski definition) is 1. The lowest BCUT2D eigenvalue weighted by Crippen LogP contribution is -2.53. The highest BCUT2D eigenvalue weighted by atomic mass is 35.5. The monoisotopic (exact) mass is 491 g/mol. The second kappa shape index (κ2) is 9.22. The van der Waals surface area contributed by atoms with Crippen molar-refractivity contribution < 1.29 is 19.1 Å². The van der Waals surface area contributed by atoms with Gasteiger partial charge in [-0.2, -0.15) is 0 Å². The number of carbonyl (C=O) groups is 3. The van der Waals surface area contributed by atoms with Crippen LogP contribution in [-0.4, -0.2) is 63.5 Å². The van der Waals surface area contributed by atoms with Gasteiger partial charge in [-0.05, 0) is 36.1 Å². The van der Waals surface area contributed by atoms with Crippen LogP contribution in [0.4, 0.5) is 0 Å². The molecule has 1 aromatic heterocycles. The number of halogens is 1. The van der Waals surface area contributed by atoms with E-state index in [9.17, 15) is 14.4 Å². The largest absolute Gasteiger partial charge is 0.465 e. The molecule has 3 heterocycles. The number of amides is 2. The fraction of sp³-hybridized carbons (Fsp3) is 0.542. The van der Waals surface area contributed by atoms with E-state index in [1.165, 1.54) is 11.8 Å². The number of benzene rings is 1. The highest BCUT2D eigenvalue weighted by Crippen LogP contribution is 2.34. The van der Waals surface area contributed by atoms with Crippen LogP contribution in [0.1, 0.15) is 44.1 Å². The Hall–Kier alpha value is -2.19. The second-order valence-electron chi connectivity index (χ2n) is 9.81. The first-order valence-electron chi connectivity index (χ1n) is 11.2. The molecule has 9 heteroatoms. The summed E-state index contributed by atoms with van der Waals surface area (Å²) in [6, 6.07) is 7.10. The first kappa shape index (κ1) is 24.0. The van der Waals surface area contributed by atoms with E-state index in [4.69, 9.17) is 16.3 Å². The Morgan fingerprint density at radius 2 is 2.00 bits per heavy atom. The van der Waals surface area contributed by atoms with Gasteiger partial charge in [-0.1, -0.05) is 32.4 Å². The van der Waals surface area contributed by atoms with Gasteiger partial charge in [-0.3, -0.25) is 14.4 Å². The highest BCUT2D eigenvalue weighted by Gasteiger charge is 2.44. The summed E-state index contributed by atoms with van der Waals surface area (Å²) in [5.74, 6) is -0.170. The number of esters is 1. The van der Waals surface area contributed by atoms with Gasteiger partial charge >= 0.3 is 5.97 Å². The summed E-state index contributed by atoms with van der Waals surface area (Å²) in [6.45, 7) is 7.26. The SMILES string of the molecule is Cn1c(C(=O)N[C@@H]2CCN(C(=O)CSC3CCOC3=O)[C@H]2C(C)(C)C)cc2cc(Cl)ccc21. The molecule has 0 aliphatic carbocycles. The lowest BCUT2D eigenvalue weighted by atomic mass is 9.82. The maximum atomic E-state index is 13.2. The molecule has 1 aromatic carbocycles. The van der Waals surface area contributed by atoms with Crippen LogP contribution >= 0.6 is 23.4 Å². The Morgan fingerprint density at radius 3 is 2.67 bits per heavy atom. The van der Waals surface area contributed by atoms with Gasteiger partial charge in [-0.25, -0.2) is 0 Å². The highest BCUT2D eigenvalue weighted by molar-refractivity contribution is 8.01. The minimum atomic E-state index is -0.264. The number of cyclic esters (lactones) is 1. The van der Waals surface area contributed by atoms with Crippen LogP contribution in [0.2, 0.25) is 5.02 Å².